The van der Waals surface area contributed by atoms with Crippen LogP contribution in [0.1, 0.15) is 0 Å². The smallest absolute Gasteiger partial charge is 0.0188 e. The predicted molar refractivity (Wildman–Crippen MR) is 128 cm³/mol. The molecule has 0 aliphatic heterocycles. The van der Waals surface area contributed by atoms with E-state index >= 15 is 0 Å². The van der Waals surface area contributed by atoms with Crippen molar-refractivity contribution in [3.63, 3.8) is 0 Å². The van der Waals surface area contributed by atoms with Crippen molar-refractivity contribution in [3.05, 3.63) is 106 Å². The number of hydrogen-bond acceptors (Lipinski definition) is 0. The summed E-state index contributed by atoms with van der Waals surface area (Å²) in [5, 5.41) is 5.03. The number of rotatable bonds is 2. The lowest BCUT2D eigenvalue weighted by Gasteiger charge is -2.14. The topological polar surface area (TPSA) is 0 Å². The molecule has 28 heavy (non-hydrogen) atoms. The summed E-state index contributed by atoms with van der Waals surface area (Å²) in [6.07, 6.45) is 0. The molecular formula is C26H16Br2. The zero-order valence-corrected chi connectivity index (χ0v) is 18.2. The highest BCUT2D eigenvalue weighted by molar-refractivity contribution is 9.10. The average Bonchev–Trinajstić information content (AvgIpc) is 2.74. The molecule has 0 aromatic heterocycles. The second-order valence-corrected chi connectivity index (χ2v) is 8.73. The van der Waals surface area contributed by atoms with Crippen molar-refractivity contribution in [2.45, 2.75) is 0 Å². The number of halogens is 2. The number of hydrogen-bond donors (Lipinski definition) is 0. The molecule has 0 aliphatic carbocycles. The second-order valence-electron chi connectivity index (χ2n) is 6.89. The molecule has 134 valence electrons. The van der Waals surface area contributed by atoms with Crippen molar-refractivity contribution >= 4 is 53.4 Å². The van der Waals surface area contributed by atoms with Crippen LogP contribution in [-0.4, -0.2) is 0 Å². The minimum atomic E-state index is 1.09. The zero-order chi connectivity index (χ0) is 19.1. The molecule has 5 aromatic rings. The fraction of sp³-hybridized carbons (Fsp3) is 0. The van der Waals surface area contributed by atoms with Gasteiger partial charge in [-0.1, -0.05) is 105 Å². The van der Waals surface area contributed by atoms with Crippen LogP contribution in [0.3, 0.4) is 0 Å². The Kier molecular flexibility index (Phi) is 4.54. The van der Waals surface area contributed by atoms with E-state index in [1.807, 2.05) is 0 Å². The van der Waals surface area contributed by atoms with Crippen molar-refractivity contribution in [2.24, 2.45) is 0 Å². The first-order valence-corrected chi connectivity index (χ1v) is 10.8. The van der Waals surface area contributed by atoms with Crippen LogP contribution < -0.4 is 0 Å². The molecule has 0 aliphatic rings. The fourth-order valence-corrected chi connectivity index (χ4v) is 4.84. The molecule has 0 atom stereocenters. The minimum Gasteiger partial charge on any atom is -0.0622 e. The molecular weight excluding hydrogens is 472 g/mol. The van der Waals surface area contributed by atoms with Crippen LogP contribution in [-0.2, 0) is 0 Å². The summed E-state index contributed by atoms with van der Waals surface area (Å²) in [5.41, 5.74) is 4.94. The van der Waals surface area contributed by atoms with Gasteiger partial charge in [-0.15, -0.1) is 0 Å². The largest absolute Gasteiger partial charge is 0.0622 e. The summed E-state index contributed by atoms with van der Waals surface area (Å²) in [6, 6.07) is 34.5. The van der Waals surface area contributed by atoms with Crippen molar-refractivity contribution in [1.29, 1.82) is 0 Å². The molecule has 0 nitrogen and oxygen atoms in total. The number of benzene rings is 5. The normalized spacial score (nSPS) is 11.2. The Morgan fingerprint density at radius 2 is 0.786 bits per heavy atom. The van der Waals surface area contributed by atoms with E-state index in [4.69, 9.17) is 0 Å². The Bertz CT molecular complexity index is 1200. The molecule has 0 bridgehead atoms. The van der Waals surface area contributed by atoms with E-state index in [2.05, 4.69) is 129 Å². The highest BCUT2D eigenvalue weighted by atomic mass is 79.9. The molecule has 5 aromatic carbocycles. The Balaban J connectivity index is 1.89. The van der Waals surface area contributed by atoms with Gasteiger partial charge in [-0.05, 0) is 68.1 Å². The van der Waals surface area contributed by atoms with Gasteiger partial charge in [-0.25, -0.2) is 0 Å². The molecule has 2 heteroatoms. The van der Waals surface area contributed by atoms with E-state index in [9.17, 15) is 0 Å². The van der Waals surface area contributed by atoms with Crippen molar-refractivity contribution in [2.75, 3.05) is 0 Å². The van der Waals surface area contributed by atoms with E-state index in [-0.39, 0.29) is 0 Å². The lowest BCUT2D eigenvalue weighted by Crippen LogP contribution is -1.87. The maximum atomic E-state index is 3.74. The molecule has 0 radical (unpaired) electrons. The van der Waals surface area contributed by atoms with Gasteiger partial charge in [0.2, 0.25) is 0 Å². The van der Waals surface area contributed by atoms with Gasteiger partial charge in [0.15, 0.2) is 0 Å². The first-order chi connectivity index (χ1) is 13.7. The van der Waals surface area contributed by atoms with Crippen LogP contribution in [0.5, 0.6) is 0 Å². The number of fused-ring (bicyclic) bond motifs is 3. The van der Waals surface area contributed by atoms with Gasteiger partial charge >= 0.3 is 0 Å². The van der Waals surface area contributed by atoms with Crippen LogP contribution >= 0.6 is 31.9 Å². The standard InChI is InChI=1S/C26H16Br2/c27-19-13-23(17-7-3-1-4-8-17)21-11-12-22-24(18-9-5-2-6-10-18)14-20(28)16-26(22)25(21)15-19/h1-16H. The minimum absolute atomic E-state index is 1.09. The molecule has 0 unspecified atom stereocenters. The summed E-state index contributed by atoms with van der Waals surface area (Å²) < 4.78 is 2.18. The summed E-state index contributed by atoms with van der Waals surface area (Å²) in [7, 11) is 0. The summed E-state index contributed by atoms with van der Waals surface area (Å²) in [4.78, 5) is 0. The van der Waals surface area contributed by atoms with Gasteiger partial charge in [-0.3, -0.25) is 0 Å². The van der Waals surface area contributed by atoms with Gasteiger partial charge in [0.05, 0.1) is 0 Å². The van der Waals surface area contributed by atoms with Crippen LogP contribution in [0.25, 0.3) is 43.8 Å². The maximum Gasteiger partial charge on any atom is 0.0188 e. The van der Waals surface area contributed by atoms with Gasteiger partial charge in [0.1, 0.15) is 0 Å². The summed E-state index contributed by atoms with van der Waals surface area (Å²) in [6.45, 7) is 0. The fourth-order valence-electron chi connectivity index (χ4n) is 3.92. The molecule has 0 N–H and O–H groups in total. The molecule has 0 saturated carbocycles. The quantitative estimate of drug-likeness (QED) is 0.218. The van der Waals surface area contributed by atoms with E-state index in [1.165, 1.54) is 43.8 Å². The van der Waals surface area contributed by atoms with Gasteiger partial charge in [-0.2, -0.15) is 0 Å². The van der Waals surface area contributed by atoms with Gasteiger partial charge in [0.25, 0.3) is 0 Å². The lowest BCUT2D eigenvalue weighted by molar-refractivity contribution is 1.62. The zero-order valence-electron chi connectivity index (χ0n) is 15.0. The first kappa shape index (κ1) is 17.7. The van der Waals surface area contributed by atoms with Crippen molar-refractivity contribution in [1.82, 2.24) is 0 Å². The third kappa shape index (κ3) is 3.07. The lowest BCUT2D eigenvalue weighted by atomic mass is 9.91. The van der Waals surface area contributed by atoms with Gasteiger partial charge < -0.3 is 0 Å². The first-order valence-electron chi connectivity index (χ1n) is 9.17. The molecule has 0 heterocycles. The highest BCUT2D eigenvalue weighted by Crippen LogP contribution is 2.40. The van der Waals surface area contributed by atoms with Crippen LogP contribution in [0.15, 0.2) is 106 Å². The molecule has 5 rings (SSSR count). The Labute approximate surface area is 181 Å². The summed E-state index contributed by atoms with van der Waals surface area (Å²) >= 11 is 7.47. The monoisotopic (exact) mass is 486 g/mol. The highest BCUT2D eigenvalue weighted by Gasteiger charge is 2.12. The second kappa shape index (κ2) is 7.20. The third-order valence-corrected chi connectivity index (χ3v) is 6.08. The Morgan fingerprint density at radius 1 is 0.393 bits per heavy atom. The van der Waals surface area contributed by atoms with E-state index in [0.717, 1.165) is 8.95 Å². The van der Waals surface area contributed by atoms with E-state index < -0.39 is 0 Å². The molecule has 0 spiro atoms. The SMILES string of the molecule is Brc1cc(-c2ccccc2)c2ccc3c(-c4ccccc4)cc(Br)cc3c2c1. The van der Waals surface area contributed by atoms with Crippen LogP contribution in [0.2, 0.25) is 0 Å². The third-order valence-electron chi connectivity index (χ3n) is 5.17. The van der Waals surface area contributed by atoms with Crippen molar-refractivity contribution < 1.29 is 0 Å². The Hall–Kier alpha value is -2.42. The average molecular weight is 488 g/mol. The van der Waals surface area contributed by atoms with Crippen LogP contribution in [0.4, 0.5) is 0 Å². The van der Waals surface area contributed by atoms with E-state index in [1.54, 1.807) is 0 Å². The molecule has 0 saturated heterocycles. The maximum absolute atomic E-state index is 3.74. The summed E-state index contributed by atoms with van der Waals surface area (Å²) in [5.74, 6) is 0. The molecule has 0 fully saturated rings. The van der Waals surface area contributed by atoms with Crippen molar-refractivity contribution in [3.8, 4) is 22.3 Å². The van der Waals surface area contributed by atoms with Gasteiger partial charge in [0, 0.05) is 8.95 Å². The van der Waals surface area contributed by atoms with E-state index in [0.29, 0.717) is 0 Å². The van der Waals surface area contributed by atoms with Crippen LogP contribution in [0, 0.1) is 0 Å². The molecule has 0 amide bonds. The predicted octanol–water partition coefficient (Wildman–Crippen LogP) is 8.85. The Morgan fingerprint density at radius 3 is 1.18 bits per heavy atom.